The Hall–Kier alpha value is -2.94. The number of nitro groups is 1. The molecule has 1 heterocycles. The van der Waals surface area contributed by atoms with Crippen LogP contribution in [0.2, 0.25) is 0 Å². The minimum absolute atomic E-state index is 0.129. The quantitative estimate of drug-likeness (QED) is 0.387. The Morgan fingerprint density at radius 3 is 2.45 bits per heavy atom. The number of rotatable bonds is 5. The van der Waals surface area contributed by atoms with Crippen LogP contribution in [-0.4, -0.2) is 48.1 Å². The Balaban J connectivity index is 1.69. The number of non-ortho nitro benzene ring substituents is 1. The standard InChI is InChI=1S/C20H21BrN4O4/c1-2-19(26)24-9-7-23(8-10-24)16-5-3-15(4-6-16)22-13-14-11-17(25(28)29)12-18(21)20(14)27/h3-6,11-13,27H,2,7-10H2,1H3/p-1. The number of carbonyl (C=O) groups excluding carboxylic acids is 1. The van der Waals surface area contributed by atoms with Gasteiger partial charge < -0.3 is 14.9 Å². The van der Waals surface area contributed by atoms with Crippen molar-refractivity contribution in [1.82, 2.24) is 4.90 Å². The van der Waals surface area contributed by atoms with Crippen molar-refractivity contribution in [1.29, 1.82) is 0 Å². The van der Waals surface area contributed by atoms with E-state index in [1.807, 2.05) is 36.1 Å². The van der Waals surface area contributed by atoms with E-state index in [1.165, 1.54) is 18.3 Å². The molecule has 29 heavy (non-hydrogen) atoms. The molecule has 8 nitrogen and oxygen atoms in total. The number of anilines is 1. The maximum Gasteiger partial charge on any atom is 0.271 e. The number of nitrogens with zero attached hydrogens (tertiary/aromatic N) is 4. The fourth-order valence-corrected chi connectivity index (χ4v) is 3.60. The van der Waals surface area contributed by atoms with E-state index in [1.54, 1.807) is 0 Å². The van der Waals surface area contributed by atoms with Gasteiger partial charge in [-0.15, -0.1) is 0 Å². The molecule has 9 heteroatoms. The van der Waals surface area contributed by atoms with Crippen LogP contribution in [0.4, 0.5) is 17.1 Å². The SMILES string of the molecule is CCC(=O)N1CCN(c2ccc(N=Cc3cc([N+](=O)[O-])cc(Br)c3[O-])cc2)CC1. The normalized spacial score (nSPS) is 14.4. The van der Waals surface area contributed by atoms with Gasteiger partial charge in [-0.1, -0.05) is 28.6 Å². The molecule has 0 spiro atoms. The number of nitro benzene ring substituents is 1. The first-order valence-corrected chi connectivity index (χ1v) is 10.00. The second kappa shape index (κ2) is 9.04. The number of halogens is 1. The van der Waals surface area contributed by atoms with Gasteiger partial charge in [0.25, 0.3) is 5.69 Å². The minimum Gasteiger partial charge on any atom is -0.871 e. The van der Waals surface area contributed by atoms with Crippen LogP contribution < -0.4 is 10.0 Å². The Labute approximate surface area is 176 Å². The monoisotopic (exact) mass is 459 g/mol. The third kappa shape index (κ3) is 4.92. The van der Waals surface area contributed by atoms with E-state index in [0.717, 1.165) is 18.8 Å². The molecule has 2 aromatic carbocycles. The summed E-state index contributed by atoms with van der Waals surface area (Å²) in [6.45, 7) is 4.84. The molecule has 0 bridgehead atoms. The molecule has 1 aliphatic heterocycles. The van der Waals surface area contributed by atoms with Gasteiger partial charge in [0.1, 0.15) is 0 Å². The van der Waals surface area contributed by atoms with Gasteiger partial charge >= 0.3 is 0 Å². The van der Waals surface area contributed by atoms with E-state index in [2.05, 4.69) is 25.8 Å². The fourth-order valence-electron chi connectivity index (χ4n) is 3.13. The first kappa shape index (κ1) is 20.8. The maximum absolute atomic E-state index is 12.1. The summed E-state index contributed by atoms with van der Waals surface area (Å²) < 4.78 is 0.129. The lowest BCUT2D eigenvalue weighted by atomic mass is 10.2. The predicted octanol–water partition coefficient (Wildman–Crippen LogP) is 3.24. The van der Waals surface area contributed by atoms with Crippen LogP contribution in [0, 0.1) is 10.1 Å². The van der Waals surface area contributed by atoms with Crippen molar-refractivity contribution in [3.8, 4) is 5.75 Å². The highest BCUT2D eigenvalue weighted by Crippen LogP contribution is 2.30. The average Bonchev–Trinajstić information content (AvgIpc) is 2.74. The maximum atomic E-state index is 12.1. The lowest BCUT2D eigenvalue weighted by molar-refractivity contribution is -0.385. The fraction of sp³-hybridized carbons (Fsp3) is 0.300. The van der Waals surface area contributed by atoms with Crippen molar-refractivity contribution in [2.24, 2.45) is 4.99 Å². The van der Waals surface area contributed by atoms with Crippen molar-refractivity contribution in [2.75, 3.05) is 31.1 Å². The molecule has 1 saturated heterocycles. The van der Waals surface area contributed by atoms with Gasteiger partial charge in [-0.3, -0.25) is 19.9 Å². The Kier molecular flexibility index (Phi) is 6.48. The molecule has 0 N–H and O–H groups in total. The van der Waals surface area contributed by atoms with Crippen molar-refractivity contribution in [3.63, 3.8) is 0 Å². The summed E-state index contributed by atoms with van der Waals surface area (Å²) in [5.41, 5.74) is 1.64. The van der Waals surface area contributed by atoms with Crippen molar-refractivity contribution >= 4 is 45.1 Å². The summed E-state index contributed by atoms with van der Waals surface area (Å²) in [7, 11) is 0. The zero-order valence-corrected chi connectivity index (χ0v) is 17.5. The largest absolute Gasteiger partial charge is 0.871 e. The molecule has 1 amide bonds. The van der Waals surface area contributed by atoms with Crippen LogP contribution in [-0.2, 0) is 4.79 Å². The third-order valence-electron chi connectivity index (χ3n) is 4.77. The van der Waals surface area contributed by atoms with Crippen molar-refractivity contribution < 1.29 is 14.8 Å². The Bertz CT molecular complexity index is 938. The van der Waals surface area contributed by atoms with Crippen LogP contribution in [0.1, 0.15) is 18.9 Å². The van der Waals surface area contributed by atoms with E-state index in [0.29, 0.717) is 25.2 Å². The first-order chi connectivity index (χ1) is 13.9. The second-order valence-electron chi connectivity index (χ2n) is 6.60. The number of benzene rings is 2. The van der Waals surface area contributed by atoms with Crippen LogP contribution in [0.5, 0.6) is 5.75 Å². The van der Waals surface area contributed by atoms with E-state index >= 15 is 0 Å². The van der Waals surface area contributed by atoms with Crippen molar-refractivity contribution in [3.05, 3.63) is 56.5 Å². The summed E-state index contributed by atoms with van der Waals surface area (Å²) in [6, 6.07) is 9.92. The van der Waals surface area contributed by atoms with Crippen LogP contribution >= 0.6 is 15.9 Å². The van der Waals surface area contributed by atoms with Crippen LogP contribution in [0.15, 0.2) is 45.9 Å². The van der Waals surface area contributed by atoms with E-state index in [9.17, 15) is 20.0 Å². The number of aliphatic imine (C=N–C) groups is 1. The molecule has 0 saturated carbocycles. The molecule has 1 aliphatic rings. The minimum atomic E-state index is -0.551. The number of hydrogen-bond acceptors (Lipinski definition) is 6. The Morgan fingerprint density at radius 1 is 1.21 bits per heavy atom. The summed E-state index contributed by atoms with van der Waals surface area (Å²) in [5.74, 6) is -0.171. The smallest absolute Gasteiger partial charge is 0.271 e. The zero-order chi connectivity index (χ0) is 21.0. The number of amides is 1. The molecule has 0 unspecified atom stereocenters. The number of hydrogen-bond donors (Lipinski definition) is 0. The van der Waals surface area contributed by atoms with E-state index < -0.39 is 4.92 Å². The van der Waals surface area contributed by atoms with Crippen molar-refractivity contribution in [2.45, 2.75) is 13.3 Å². The highest BCUT2D eigenvalue weighted by molar-refractivity contribution is 9.10. The molecular formula is C20H20BrN4O4-. The van der Waals surface area contributed by atoms with E-state index in [-0.39, 0.29) is 27.4 Å². The van der Waals surface area contributed by atoms with Gasteiger partial charge in [0.2, 0.25) is 5.91 Å². The van der Waals surface area contributed by atoms with Gasteiger partial charge in [-0.25, -0.2) is 0 Å². The van der Waals surface area contributed by atoms with E-state index in [4.69, 9.17) is 0 Å². The lowest BCUT2D eigenvalue weighted by Gasteiger charge is -2.36. The van der Waals surface area contributed by atoms with Crippen LogP contribution in [0.25, 0.3) is 0 Å². The average molecular weight is 460 g/mol. The van der Waals surface area contributed by atoms with Gasteiger partial charge in [-0.05, 0) is 29.8 Å². The highest BCUT2D eigenvalue weighted by atomic mass is 79.9. The molecule has 0 aromatic heterocycles. The molecule has 0 atom stereocenters. The molecule has 0 radical (unpaired) electrons. The number of carbonyl (C=O) groups is 1. The van der Waals surface area contributed by atoms with Gasteiger partial charge in [-0.2, -0.15) is 0 Å². The number of piperazine rings is 1. The molecule has 0 aliphatic carbocycles. The Morgan fingerprint density at radius 2 is 1.86 bits per heavy atom. The first-order valence-electron chi connectivity index (χ1n) is 9.21. The van der Waals surface area contributed by atoms with Gasteiger partial charge in [0.15, 0.2) is 0 Å². The zero-order valence-electron chi connectivity index (χ0n) is 15.9. The van der Waals surface area contributed by atoms with Gasteiger partial charge in [0, 0.05) is 61.1 Å². The molecule has 152 valence electrons. The lowest BCUT2D eigenvalue weighted by Crippen LogP contribution is -2.48. The predicted molar refractivity (Wildman–Crippen MR) is 113 cm³/mol. The molecule has 1 fully saturated rings. The summed E-state index contributed by atoms with van der Waals surface area (Å²) in [5, 5.41) is 23.1. The topological polar surface area (TPSA) is 102 Å². The molecule has 2 aromatic rings. The molecule has 3 rings (SSSR count). The second-order valence-corrected chi connectivity index (χ2v) is 7.45. The molecular weight excluding hydrogens is 440 g/mol. The van der Waals surface area contributed by atoms with Crippen LogP contribution in [0.3, 0.4) is 0 Å². The van der Waals surface area contributed by atoms with Gasteiger partial charge in [0.05, 0.1) is 10.6 Å². The summed E-state index contributed by atoms with van der Waals surface area (Å²) in [6.07, 6.45) is 1.86. The summed E-state index contributed by atoms with van der Waals surface area (Å²) in [4.78, 5) is 30.6. The third-order valence-corrected chi connectivity index (χ3v) is 5.36. The summed E-state index contributed by atoms with van der Waals surface area (Å²) >= 11 is 3.05. The highest BCUT2D eigenvalue weighted by Gasteiger charge is 2.19.